The molecule has 27 heavy (non-hydrogen) atoms. The SMILES string of the molecule is Cc1cccnc1NC1CCC(Oc2ncccc2C2CCOCC2)CC1. The molecule has 0 amide bonds. The molecular formula is C22H29N3O2. The molecule has 0 bridgehead atoms. The summed E-state index contributed by atoms with van der Waals surface area (Å²) < 4.78 is 11.9. The van der Waals surface area contributed by atoms with Crippen LogP contribution in [0.4, 0.5) is 5.82 Å². The van der Waals surface area contributed by atoms with Crippen LogP contribution < -0.4 is 10.1 Å². The molecule has 1 saturated carbocycles. The zero-order valence-electron chi connectivity index (χ0n) is 16.1. The van der Waals surface area contributed by atoms with Crippen LogP contribution in [0.1, 0.15) is 55.6 Å². The quantitative estimate of drug-likeness (QED) is 0.844. The molecule has 5 nitrogen and oxygen atoms in total. The van der Waals surface area contributed by atoms with Crippen molar-refractivity contribution in [3.8, 4) is 5.88 Å². The first-order valence-corrected chi connectivity index (χ1v) is 10.2. The van der Waals surface area contributed by atoms with Crippen LogP contribution in [-0.4, -0.2) is 35.3 Å². The van der Waals surface area contributed by atoms with E-state index in [9.17, 15) is 0 Å². The molecule has 0 atom stereocenters. The van der Waals surface area contributed by atoms with Crippen molar-refractivity contribution >= 4 is 5.82 Å². The Hall–Kier alpha value is -2.14. The molecule has 144 valence electrons. The average molecular weight is 367 g/mol. The Morgan fingerprint density at radius 1 is 0.963 bits per heavy atom. The van der Waals surface area contributed by atoms with Crippen molar-refractivity contribution in [1.82, 2.24) is 9.97 Å². The van der Waals surface area contributed by atoms with Gasteiger partial charge in [0, 0.05) is 37.2 Å². The summed E-state index contributed by atoms with van der Waals surface area (Å²) in [5, 5.41) is 3.60. The van der Waals surface area contributed by atoms with Crippen molar-refractivity contribution in [2.24, 2.45) is 0 Å². The summed E-state index contributed by atoms with van der Waals surface area (Å²) in [6, 6.07) is 8.75. The van der Waals surface area contributed by atoms with Crippen molar-refractivity contribution in [2.75, 3.05) is 18.5 Å². The van der Waals surface area contributed by atoms with Gasteiger partial charge in [-0.25, -0.2) is 9.97 Å². The Kier molecular flexibility index (Phi) is 5.87. The monoisotopic (exact) mass is 367 g/mol. The van der Waals surface area contributed by atoms with E-state index in [1.54, 1.807) is 0 Å². The minimum atomic E-state index is 0.251. The van der Waals surface area contributed by atoms with E-state index in [0.29, 0.717) is 12.0 Å². The van der Waals surface area contributed by atoms with E-state index in [2.05, 4.69) is 34.3 Å². The Labute approximate surface area is 161 Å². The van der Waals surface area contributed by atoms with Gasteiger partial charge in [0.2, 0.25) is 5.88 Å². The average Bonchev–Trinajstić information content (AvgIpc) is 2.72. The normalized spacial score (nSPS) is 23.7. The van der Waals surface area contributed by atoms with Crippen LogP contribution in [0, 0.1) is 6.92 Å². The third kappa shape index (κ3) is 4.59. The summed E-state index contributed by atoms with van der Waals surface area (Å²) in [5.41, 5.74) is 2.45. The van der Waals surface area contributed by atoms with Crippen molar-refractivity contribution < 1.29 is 9.47 Å². The van der Waals surface area contributed by atoms with Crippen LogP contribution in [0.25, 0.3) is 0 Å². The number of nitrogens with one attached hydrogen (secondary N) is 1. The molecule has 1 saturated heterocycles. The number of ether oxygens (including phenoxy) is 2. The summed E-state index contributed by atoms with van der Waals surface area (Å²) in [4.78, 5) is 9.02. The van der Waals surface area contributed by atoms with E-state index in [4.69, 9.17) is 9.47 Å². The van der Waals surface area contributed by atoms with Gasteiger partial charge < -0.3 is 14.8 Å². The van der Waals surface area contributed by atoms with Gasteiger partial charge in [-0.2, -0.15) is 0 Å². The van der Waals surface area contributed by atoms with Crippen molar-refractivity contribution in [3.63, 3.8) is 0 Å². The first kappa shape index (κ1) is 18.2. The maximum absolute atomic E-state index is 6.37. The molecule has 5 heteroatoms. The van der Waals surface area contributed by atoms with Gasteiger partial charge in [-0.15, -0.1) is 0 Å². The summed E-state index contributed by atoms with van der Waals surface area (Å²) >= 11 is 0. The number of aromatic nitrogens is 2. The number of nitrogens with zero attached hydrogens (tertiary/aromatic N) is 2. The molecule has 1 aliphatic heterocycles. The highest BCUT2D eigenvalue weighted by Gasteiger charge is 2.26. The fraction of sp³-hybridized carbons (Fsp3) is 0.545. The van der Waals surface area contributed by atoms with Crippen LogP contribution in [0.15, 0.2) is 36.7 Å². The van der Waals surface area contributed by atoms with Crippen LogP contribution >= 0.6 is 0 Å². The smallest absolute Gasteiger partial charge is 0.217 e. The molecule has 0 aromatic carbocycles. The molecule has 1 aliphatic carbocycles. The van der Waals surface area contributed by atoms with Gasteiger partial charge in [0.05, 0.1) is 0 Å². The lowest BCUT2D eigenvalue weighted by Gasteiger charge is -2.31. The summed E-state index contributed by atoms with van der Waals surface area (Å²) in [5.74, 6) is 2.35. The van der Waals surface area contributed by atoms with Crippen molar-refractivity contribution in [1.29, 1.82) is 0 Å². The van der Waals surface area contributed by atoms with Gasteiger partial charge in [-0.3, -0.25) is 0 Å². The van der Waals surface area contributed by atoms with Gasteiger partial charge in [-0.1, -0.05) is 12.1 Å². The zero-order valence-corrected chi connectivity index (χ0v) is 16.1. The second-order valence-electron chi connectivity index (χ2n) is 7.69. The van der Waals surface area contributed by atoms with E-state index in [0.717, 1.165) is 63.4 Å². The first-order valence-electron chi connectivity index (χ1n) is 10.2. The zero-order chi connectivity index (χ0) is 18.5. The fourth-order valence-electron chi connectivity index (χ4n) is 4.13. The van der Waals surface area contributed by atoms with Crippen LogP contribution in [0.2, 0.25) is 0 Å². The molecule has 2 aromatic heterocycles. The lowest BCUT2D eigenvalue weighted by Crippen LogP contribution is -2.32. The Balaban J connectivity index is 1.34. The standard InChI is InChI=1S/C22H29N3O2/c1-16-4-2-12-23-21(16)25-18-6-8-19(9-7-18)27-22-20(5-3-13-24-22)17-10-14-26-15-11-17/h2-5,12-13,17-19H,6-11,14-15H2,1H3,(H,23,25). The summed E-state index contributed by atoms with van der Waals surface area (Å²) in [7, 11) is 0. The highest BCUT2D eigenvalue weighted by molar-refractivity contribution is 5.43. The predicted octanol–water partition coefficient (Wildman–Crippen LogP) is 4.48. The third-order valence-electron chi connectivity index (χ3n) is 5.76. The molecule has 1 N–H and O–H groups in total. The lowest BCUT2D eigenvalue weighted by molar-refractivity contribution is 0.0829. The molecule has 0 radical (unpaired) electrons. The van der Waals surface area contributed by atoms with E-state index < -0.39 is 0 Å². The minimum absolute atomic E-state index is 0.251. The Bertz CT molecular complexity index is 738. The molecule has 2 aliphatic rings. The van der Waals surface area contributed by atoms with Gasteiger partial charge in [0.25, 0.3) is 0 Å². The van der Waals surface area contributed by atoms with E-state index in [-0.39, 0.29) is 6.10 Å². The summed E-state index contributed by atoms with van der Waals surface area (Å²) in [6.07, 6.45) is 10.4. The highest BCUT2D eigenvalue weighted by Crippen LogP contribution is 2.34. The number of aryl methyl sites for hydroxylation is 1. The Morgan fingerprint density at radius 2 is 1.70 bits per heavy atom. The lowest BCUT2D eigenvalue weighted by atomic mass is 9.91. The molecule has 2 aromatic rings. The van der Waals surface area contributed by atoms with Crippen molar-refractivity contribution in [2.45, 2.75) is 63.5 Å². The third-order valence-corrected chi connectivity index (χ3v) is 5.76. The van der Waals surface area contributed by atoms with Crippen LogP contribution in [0.3, 0.4) is 0 Å². The molecule has 2 fully saturated rings. The van der Waals surface area contributed by atoms with Crippen molar-refractivity contribution in [3.05, 3.63) is 47.8 Å². The topological polar surface area (TPSA) is 56.3 Å². The molecule has 0 spiro atoms. The summed E-state index contributed by atoms with van der Waals surface area (Å²) in [6.45, 7) is 3.77. The second-order valence-corrected chi connectivity index (χ2v) is 7.69. The largest absolute Gasteiger partial charge is 0.474 e. The van der Waals surface area contributed by atoms with Crippen LogP contribution in [-0.2, 0) is 4.74 Å². The second kappa shape index (κ2) is 8.70. The van der Waals surface area contributed by atoms with E-state index in [1.165, 1.54) is 11.1 Å². The minimum Gasteiger partial charge on any atom is -0.474 e. The Morgan fingerprint density at radius 3 is 2.48 bits per heavy atom. The highest BCUT2D eigenvalue weighted by atomic mass is 16.5. The molecule has 4 rings (SSSR count). The van der Waals surface area contributed by atoms with E-state index >= 15 is 0 Å². The van der Waals surface area contributed by atoms with Gasteiger partial charge in [0.15, 0.2) is 0 Å². The predicted molar refractivity (Wildman–Crippen MR) is 106 cm³/mol. The molecular weight excluding hydrogens is 338 g/mol. The number of pyridine rings is 2. The number of anilines is 1. The van der Waals surface area contributed by atoms with Gasteiger partial charge >= 0.3 is 0 Å². The van der Waals surface area contributed by atoms with Gasteiger partial charge in [0.1, 0.15) is 11.9 Å². The maximum atomic E-state index is 6.37. The molecule has 3 heterocycles. The van der Waals surface area contributed by atoms with Gasteiger partial charge in [-0.05, 0) is 69.1 Å². The van der Waals surface area contributed by atoms with E-state index in [1.807, 2.05) is 24.5 Å². The van der Waals surface area contributed by atoms with Crippen LogP contribution in [0.5, 0.6) is 5.88 Å². The maximum Gasteiger partial charge on any atom is 0.217 e. The first-order chi connectivity index (χ1) is 13.3. The number of hydrogen-bond donors (Lipinski definition) is 1. The number of hydrogen-bond acceptors (Lipinski definition) is 5. The molecule has 0 unspecified atom stereocenters. The fourth-order valence-corrected chi connectivity index (χ4v) is 4.13. The number of rotatable bonds is 5.